The molecule has 0 saturated heterocycles. The molecule has 0 fully saturated rings. The van der Waals surface area contributed by atoms with E-state index in [-0.39, 0.29) is 5.82 Å². The summed E-state index contributed by atoms with van der Waals surface area (Å²) in [6.07, 6.45) is 0. The highest BCUT2D eigenvalue weighted by molar-refractivity contribution is 7.13. The summed E-state index contributed by atoms with van der Waals surface area (Å²) in [6, 6.07) is 6.78. The van der Waals surface area contributed by atoms with Gasteiger partial charge in [-0.1, -0.05) is 12.1 Å². The molecule has 1 aromatic carbocycles. The molecule has 0 spiro atoms. The van der Waals surface area contributed by atoms with Crippen molar-refractivity contribution in [2.45, 2.75) is 13.5 Å². The van der Waals surface area contributed by atoms with E-state index in [4.69, 9.17) is 0 Å². The normalized spacial score (nSPS) is 10.6. The van der Waals surface area contributed by atoms with Gasteiger partial charge < -0.3 is 10.2 Å². The summed E-state index contributed by atoms with van der Waals surface area (Å²) >= 11 is 1.53. The van der Waals surface area contributed by atoms with Crippen molar-refractivity contribution < 1.29 is 4.39 Å². The Labute approximate surface area is 110 Å². The van der Waals surface area contributed by atoms with Gasteiger partial charge in [0.1, 0.15) is 5.82 Å². The van der Waals surface area contributed by atoms with Crippen LogP contribution < -0.4 is 10.2 Å². The van der Waals surface area contributed by atoms with Gasteiger partial charge in [0, 0.05) is 18.5 Å². The highest BCUT2D eigenvalue weighted by atomic mass is 32.1. The van der Waals surface area contributed by atoms with Crippen molar-refractivity contribution >= 4 is 22.2 Å². The number of aromatic nitrogens is 1. The maximum atomic E-state index is 13.8. The molecule has 0 atom stereocenters. The molecule has 2 aromatic rings. The second-order valence-electron chi connectivity index (χ2n) is 3.85. The number of nitrogens with one attached hydrogen (secondary N) is 1. The highest BCUT2D eigenvalue weighted by Gasteiger charge is 2.14. The third kappa shape index (κ3) is 2.68. The summed E-state index contributed by atoms with van der Waals surface area (Å²) in [5.41, 5.74) is 1.55. The van der Waals surface area contributed by atoms with E-state index in [1.165, 1.54) is 17.4 Å². The average Bonchev–Trinajstić information content (AvgIpc) is 2.82. The topological polar surface area (TPSA) is 28.2 Å². The maximum absolute atomic E-state index is 13.8. The van der Waals surface area contributed by atoms with Crippen LogP contribution in [0.15, 0.2) is 29.6 Å². The molecule has 1 aromatic heterocycles. The van der Waals surface area contributed by atoms with E-state index in [2.05, 4.69) is 10.3 Å². The van der Waals surface area contributed by atoms with Crippen LogP contribution in [0, 0.1) is 5.82 Å². The molecule has 1 N–H and O–H groups in total. The van der Waals surface area contributed by atoms with Gasteiger partial charge >= 0.3 is 0 Å². The fraction of sp³-hybridized carbons (Fsp3) is 0.308. The number of rotatable bonds is 5. The second-order valence-corrected chi connectivity index (χ2v) is 4.68. The Hall–Kier alpha value is -1.46. The molecule has 2 rings (SSSR count). The van der Waals surface area contributed by atoms with Crippen molar-refractivity contribution in [1.29, 1.82) is 0 Å². The van der Waals surface area contributed by atoms with E-state index >= 15 is 0 Å². The summed E-state index contributed by atoms with van der Waals surface area (Å²) < 4.78 is 13.8. The van der Waals surface area contributed by atoms with Crippen LogP contribution in [0.5, 0.6) is 0 Å². The van der Waals surface area contributed by atoms with Gasteiger partial charge in [-0.3, -0.25) is 0 Å². The van der Waals surface area contributed by atoms with Crippen molar-refractivity contribution in [3.63, 3.8) is 0 Å². The lowest BCUT2D eigenvalue weighted by Gasteiger charge is -2.20. The summed E-state index contributed by atoms with van der Waals surface area (Å²) in [5, 5.41) is 5.88. The zero-order valence-electron chi connectivity index (χ0n) is 10.5. The summed E-state index contributed by atoms with van der Waals surface area (Å²) in [5.74, 6) is -0.218. The standard InChI is InChI=1S/C13H16FN3S/c1-3-17(12-7-5-4-6-11(12)14)13-16-10(8-15-2)9-18-13/h4-7,9,15H,3,8H2,1-2H3. The minimum absolute atomic E-state index is 0.218. The van der Waals surface area contributed by atoms with Gasteiger partial charge in [0.05, 0.1) is 11.4 Å². The molecule has 0 aliphatic carbocycles. The number of hydrogen-bond donors (Lipinski definition) is 1. The zero-order chi connectivity index (χ0) is 13.0. The van der Waals surface area contributed by atoms with E-state index in [1.54, 1.807) is 12.1 Å². The van der Waals surface area contributed by atoms with E-state index in [0.717, 1.165) is 17.4 Å². The Kier molecular flexibility index (Phi) is 4.28. The molecule has 0 bridgehead atoms. The molecule has 5 heteroatoms. The highest BCUT2D eigenvalue weighted by Crippen LogP contribution is 2.29. The molecule has 0 unspecified atom stereocenters. The van der Waals surface area contributed by atoms with Gasteiger partial charge in [0.15, 0.2) is 5.13 Å². The van der Waals surface area contributed by atoms with Gasteiger partial charge in [-0.15, -0.1) is 11.3 Å². The Morgan fingerprint density at radius 3 is 2.83 bits per heavy atom. The number of para-hydroxylation sites is 1. The predicted molar refractivity (Wildman–Crippen MR) is 74.0 cm³/mol. The monoisotopic (exact) mass is 265 g/mol. The first-order valence-electron chi connectivity index (χ1n) is 5.87. The van der Waals surface area contributed by atoms with Crippen molar-refractivity contribution in [3.05, 3.63) is 41.2 Å². The molecule has 18 heavy (non-hydrogen) atoms. The second kappa shape index (κ2) is 5.93. The van der Waals surface area contributed by atoms with Crippen LogP contribution in [-0.4, -0.2) is 18.6 Å². The smallest absolute Gasteiger partial charge is 0.190 e. The van der Waals surface area contributed by atoms with Crippen LogP contribution in [0.1, 0.15) is 12.6 Å². The van der Waals surface area contributed by atoms with Crippen molar-refractivity contribution in [2.75, 3.05) is 18.5 Å². The lowest BCUT2D eigenvalue weighted by molar-refractivity contribution is 0.625. The average molecular weight is 265 g/mol. The van der Waals surface area contributed by atoms with Crippen molar-refractivity contribution in [2.24, 2.45) is 0 Å². The molecule has 0 amide bonds. The fourth-order valence-corrected chi connectivity index (χ4v) is 2.66. The minimum atomic E-state index is -0.218. The first-order chi connectivity index (χ1) is 8.76. The van der Waals surface area contributed by atoms with Gasteiger partial charge in [-0.25, -0.2) is 9.37 Å². The molecule has 96 valence electrons. The Balaban J connectivity index is 2.30. The van der Waals surface area contributed by atoms with Crippen LogP contribution in [0.25, 0.3) is 0 Å². The van der Waals surface area contributed by atoms with Crippen molar-refractivity contribution in [3.8, 4) is 0 Å². The summed E-state index contributed by atoms with van der Waals surface area (Å²) in [6.45, 7) is 3.41. The third-order valence-electron chi connectivity index (χ3n) is 2.59. The number of benzene rings is 1. The number of hydrogen-bond acceptors (Lipinski definition) is 4. The number of halogens is 1. The molecule has 0 aliphatic heterocycles. The molecular weight excluding hydrogens is 249 g/mol. The Bertz CT molecular complexity index is 512. The van der Waals surface area contributed by atoms with E-state index < -0.39 is 0 Å². The van der Waals surface area contributed by atoms with Gasteiger partial charge in [-0.2, -0.15) is 0 Å². The first-order valence-corrected chi connectivity index (χ1v) is 6.75. The van der Waals surface area contributed by atoms with E-state index in [0.29, 0.717) is 12.2 Å². The minimum Gasteiger partial charge on any atom is -0.315 e. The van der Waals surface area contributed by atoms with Gasteiger partial charge in [0.25, 0.3) is 0 Å². The quantitative estimate of drug-likeness (QED) is 0.900. The first kappa shape index (κ1) is 13.0. The largest absolute Gasteiger partial charge is 0.315 e. The lowest BCUT2D eigenvalue weighted by atomic mass is 10.3. The number of anilines is 2. The van der Waals surface area contributed by atoms with E-state index in [1.807, 2.05) is 30.3 Å². The Morgan fingerprint density at radius 1 is 1.39 bits per heavy atom. The van der Waals surface area contributed by atoms with Crippen LogP contribution >= 0.6 is 11.3 Å². The summed E-state index contributed by atoms with van der Waals surface area (Å²) in [4.78, 5) is 6.39. The molecular formula is C13H16FN3S. The van der Waals surface area contributed by atoms with Crippen LogP contribution in [0.4, 0.5) is 15.2 Å². The molecule has 0 saturated carbocycles. The van der Waals surface area contributed by atoms with E-state index in [9.17, 15) is 4.39 Å². The van der Waals surface area contributed by atoms with Gasteiger partial charge in [-0.05, 0) is 26.1 Å². The maximum Gasteiger partial charge on any atom is 0.190 e. The molecule has 3 nitrogen and oxygen atoms in total. The van der Waals surface area contributed by atoms with Crippen molar-refractivity contribution in [1.82, 2.24) is 10.3 Å². The molecule has 0 aliphatic rings. The fourth-order valence-electron chi connectivity index (χ4n) is 1.76. The molecule has 0 radical (unpaired) electrons. The zero-order valence-corrected chi connectivity index (χ0v) is 11.3. The predicted octanol–water partition coefficient (Wildman–Crippen LogP) is 3.16. The lowest BCUT2D eigenvalue weighted by Crippen LogP contribution is -2.17. The number of nitrogens with zero attached hydrogens (tertiary/aromatic N) is 2. The third-order valence-corrected chi connectivity index (χ3v) is 3.50. The summed E-state index contributed by atoms with van der Waals surface area (Å²) in [7, 11) is 1.88. The Morgan fingerprint density at radius 2 is 2.17 bits per heavy atom. The van der Waals surface area contributed by atoms with Crippen LogP contribution in [-0.2, 0) is 6.54 Å². The van der Waals surface area contributed by atoms with Crippen LogP contribution in [0.3, 0.4) is 0 Å². The SMILES string of the molecule is CCN(c1nc(CNC)cs1)c1ccccc1F. The molecule has 1 heterocycles. The number of thiazole rings is 1. The van der Waals surface area contributed by atoms with Crippen LogP contribution in [0.2, 0.25) is 0 Å². The van der Waals surface area contributed by atoms with Gasteiger partial charge in [0.2, 0.25) is 0 Å².